The summed E-state index contributed by atoms with van der Waals surface area (Å²) in [6.07, 6.45) is 2.11. The van der Waals surface area contributed by atoms with Crippen molar-refractivity contribution < 1.29 is 4.74 Å². The lowest BCUT2D eigenvalue weighted by Crippen LogP contribution is -2.57. The van der Waals surface area contributed by atoms with Crippen LogP contribution in [0.4, 0.5) is 0 Å². The zero-order valence-corrected chi connectivity index (χ0v) is 14.9. The van der Waals surface area contributed by atoms with Gasteiger partial charge >= 0.3 is 0 Å². The van der Waals surface area contributed by atoms with Crippen LogP contribution in [-0.4, -0.2) is 69.2 Å². The van der Waals surface area contributed by atoms with E-state index in [9.17, 15) is 0 Å². The van der Waals surface area contributed by atoms with E-state index in [-0.39, 0.29) is 5.54 Å². The van der Waals surface area contributed by atoms with E-state index in [4.69, 9.17) is 4.74 Å². The van der Waals surface area contributed by atoms with Gasteiger partial charge < -0.3 is 19.9 Å². The maximum atomic E-state index is 5.53. The maximum Gasteiger partial charge on any atom is 0.193 e. The van der Waals surface area contributed by atoms with Gasteiger partial charge in [0.1, 0.15) is 0 Å². The Hall–Kier alpha value is -1.11. The van der Waals surface area contributed by atoms with Crippen LogP contribution in [0.2, 0.25) is 0 Å². The van der Waals surface area contributed by atoms with Gasteiger partial charge in [0.05, 0.1) is 0 Å². The molecule has 0 atom stereocenters. The van der Waals surface area contributed by atoms with Gasteiger partial charge in [0.2, 0.25) is 0 Å². The molecule has 5 nitrogen and oxygen atoms in total. The lowest BCUT2D eigenvalue weighted by Gasteiger charge is -2.43. The van der Waals surface area contributed by atoms with Crippen LogP contribution in [0.15, 0.2) is 21.8 Å². The SMILES string of the molecule is CN=C(NCC1(N(C)C)CCOCC1)N(C)Cc1ccsc1. The third-order valence-corrected chi connectivity index (χ3v) is 5.25. The zero-order valence-electron chi connectivity index (χ0n) is 14.1. The van der Waals surface area contributed by atoms with Crippen LogP contribution < -0.4 is 5.32 Å². The van der Waals surface area contributed by atoms with E-state index in [1.54, 1.807) is 11.3 Å². The molecule has 0 bridgehead atoms. The van der Waals surface area contributed by atoms with Gasteiger partial charge in [-0.1, -0.05) is 0 Å². The average molecular weight is 324 g/mol. The van der Waals surface area contributed by atoms with Crippen molar-refractivity contribution in [2.45, 2.75) is 24.9 Å². The minimum atomic E-state index is 0.150. The van der Waals surface area contributed by atoms with E-state index in [1.165, 1.54) is 5.56 Å². The van der Waals surface area contributed by atoms with Gasteiger partial charge in [-0.3, -0.25) is 4.99 Å². The maximum absolute atomic E-state index is 5.53. The lowest BCUT2D eigenvalue weighted by atomic mass is 9.88. The Kier molecular flexibility index (Phi) is 6.23. The molecule has 1 N–H and O–H groups in total. The smallest absolute Gasteiger partial charge is 0.193 e. The number of nitrogens with zero attached hydrogens (tertiary/aromatic N) is 3. The number of guanidine groups is 1. The number of aliphatic imine (C=N–C) groups is 1. The molecule has 1 aromatic rings. The molecule has 1 aromatic heterocycles. The number of likely N-dealkylation sites (N-methyl/N-ethyl adjacent to an activating group) is 1. The lowest BCUT2D eigenvalue weighted by molar-refractivity contribution is -0.00522. The first-order valence-electron chi connectivity index (χ1n) is 7.75. The molecule has 0 amide bonds. The fourth-order valence-corrected chi connectivity index (χ4v) is 3.55. The minimum absolute atomic E-state index is 0.150. The van der Waals surface area contributed by atoms with Crippen molar-refractivity contribution in [3.8, 4) is 0 Å². The van der Waals surface area contributed by atoms with Crippen LogP contribution in [0.3, 0.4) is 0 Å². The third-order valence-electron chi connectivity index (χ3n) is 4.52. The summed E-state index contributed by atoms with van der Waals surface area (Å²) in [5.41, 5.74) is 1.47. The number of rotatable bonds is 5. The number of thiophene rings is 1. The van der Waals surface area contributed by atoms with Crippen LogP contribution in [0.25, 0.3) is 0 Å². The second-order valence-corrected chi connectivity index (χ2v) is 6.90. The Bertz CT molecular complexity index is 467. The molecule has 0 aromatic carbocycles. The Morgan fingerprint density at radius 1 is 1.36 bits per heavy atom. The summed E-state index contributed by atoms with van der Waals surface area (Å²) in [5, 5.41) is 7.85. The highest BCUT2D eigenvalue weighted by Crippen LogP contribution is 2.25. The highest BCUT2D eigenvalue weighted by molar-refractivity contribution is 7.07. The van der Waals surface area contributed by atoms with Crippen molar-refractivity contribution in [2.75, 3.05) is 47.9 Å². The van der Waals surface area contributed by atoms with E-state index in [1.807, 2.05) is 7.05 Å². The van der Waals surface area contributed by atoms with Gasteiger partial charge in [0.15, 0.2) is 5.96 Å². The molecular weight excluding hydrogens is 296 g/mol. The molecule has 1 saturated heterocycles. The van der Waals surface area contributed by atoms with Crippen LogP contribution >= 0.6 is 11.3 Å². The van der Waals surface area contributed by atoms with Crippen molar-refractivity contribution in [3.05, 3.63) is 22.4 Å². The van der Waals surface area contributed by atoms with E-state index in [0.717, 1.165) is 45.1 Å². The average Bonchev–Trinajstić information content (AvgIpc) is 3.01. The summed E-state index contributed by atoms with van der Waals surface area (Å²) in [6, 6.07) is 2.16. The van der Waals surface area contributed by atoms with Crippen LogP contribution in [-0.2, 0) is 11.3 Å². The monoisotopic (exact) mass is 324 g/mol. The van der Waals surface area contributed by atoms with E-state index >= 15 is 0 Å². The Labute approximate surface area is 138 Å². The van der Waals surface area contributed by atoms with Gasteiger partial charge in [0.25, 0.3) is 0 Å². The fraction of sp³-hybridized carbons (Fsp3) is 0.688. The molecule has 6 heteroatoms. The first kappa shape index (κ1) is 17.2. The predicted molar refractivity (Wildman–Crippen MR) is 93.6 cm³/mol. The normalized spacial score (nSPS) is 18.5. The summed E-state index contributed by atoms with van der Waals surface area (Å²) < 4.78 is 5.53. The molecule has 2 heterocycles. The fourth-order valence-electron chi connectivity index (χ4n) is 2.89. The van der Waals surface area contributed by atoms with Gasteiger partial charge in [-0.15, -0.1) is 0 Å². The number of hydrogen-bond donors (Lipinski definition) is 1. The van der Waals surface area contributed by atoms with Crippen molar-refractivity contribution in [1.82, 2.24) is 15.1 Å². The minimum Gasteiger partial charge on any atom is -0.381 e. The van der Waals surface area contributed by atoms with E-state index in [0.29, 0.717) is 0 Å². The molecule has 0 radical (unpaired) electrons. The predicted octanol–water partition coefficient (Wildman–Crippen LogP) is 1.87. The topological polar surface area (TPSA) is 40.1 Å². The Balaban J connectivity index is 1.94. The molecule has 0 spiro atoms. The standard InChI is InChI=1S/C16H28N4OS/c1-17-15(20(4)11-14-5-10-22-12-14)18-13-16(19(2)3)6-8-21-9-7-16/h5,10,12H,6-9,11,13H2,1-4H3,(H,17,18). The van der Waals surface area contributed by atoms with Gasteiger partial charge in [-0.2, -0.15) is 11.3 Å². The molecule has 1 aliphatic heterocycles. The molecular formula is C16H28N4OS. The summed E-state index contributed by atoms with van der Waals surface area (Å²) in [4.78, 5) is 8.93. The molecule has 22 heavy (non-hydrogen) atoms. The largest absolute Gasteiger partial charge is 0.381 e. The second kappa shape index (κ2) is 7.94. The van der Waals surface area contributed by atoms with Gasteiger partial charge in [0, 0.05) is 45.9 Å². The molecule has 2 rings (SSSR count). The summed E-state index contributed by atoms with van der Waals surface area (Å²) >= 11 is 1.73. The summed E-state index contributed by atoms with van der Waals surface area (Å²) in [6.45, 7) is 3.44. The first-order chi connectivity index (χ1) is 10.6. The van der Waals surface area contributed by atoms with Crippen molar-refractivity contribution in [1.29, 1.82) is 0 Å². The Morgan fingerprint density at radius 3 is 2.64 bits per heavy atom. The summed E-state index contributed by atoms with van der Waals surface area (Å²) in [7, 11) is 8.24. The number of hydrogen-bond acceptors (Lipinski definition) is 4. The Morgan fingerprint density at radius 2 is 2.09 bits per heavy atom. The summed E-state index contributed by atoms with van der Waals surface area (Å²) in [5.74, 6) is 0.943. The molecule has 124 valence electrons. The van der Waals surface area contributed by atoms with Gasteiger partial charge in [-0.05, 0) is 49.3 Å². The van der Waals surface area contributed by atoms with Crippen LogP contribution in [0.5, 0.6) is 0 Å². The van der Waals surface area contributed by atoms with Crippen molar-refractivity contribution >= 4 is 17.3 Å². The van der Waals surface area contributed by atoms with E-state index < -0.39 is 0 Å². The molecule has 0 saturated carbocycles. The second-order valence-electron chi connectivity index (χ2n) is 6.12. The molecule has 1 fully saturated rings. The molecule has 0 unspecified atom stereocenters. The zero-order chi connectivity index (χ0) is 16.0. The highest BCUT2D eigenvalue weighted by Gasteiger charge is 2.35. The van der Waals surface area contributed by atoms with Crippen LogP contribution in [0, 0.1) is 0 Å². The van der Waals surface area contributed by atoms with Crippen LogP contribution in [0.1, 0.15) is 18.4 Å². The molecule has 0 aliphatic carbocycles. The van der Waals surface area contributed by atoms with Crippen molar-refractivity contribution in [3.63, 3.8) is 0 Å². The third kappa shape index (κ3) is 4.21. The highest BCUT2D eigenvalue weighted by atomic mass is 32.1. The number of nitrogens with one attached hydrogen (secondary N) is 1. The van der Waals surface area contributed by atoms with E-state index in [2.05, 4.69) is 58.1 Å². The quantitative estimate of drug-likeness (QED) is 0.663. The van der Waals surface area contributed by atoms with Gasteiger partial charge in [-0.25, -0.2) is 0 Å². The molecule has 1 aliphatic rings. The number of ether oxygens (including phenoxy) is 1. The van der Waals surface area contributed by atoms with Crippen molar-refractivity contribution in [2.24, 2.45) is 4.99 Å². The first-order valence-corrected chi connectivity index (χ1v) is 8.70.